The first kappa shape index (κ1) is 41.4. The number of ether oxygens (including phenoxy) is 3. The number of fused-ring (bicyclic) bond motifs is 5. The maximum Gasteiger partial charge on any atom is 0.338 e. The summed E-state index contributed by atoms with van der Waals surface area (Å²) in [5.74, 6) is -4.33. The van der Waals surface area contributed by atoms with Gasteiger partial charge in [0.05, 0.1) is 41.4 Å². The molecule has 3 fully saturated rings. The van der Waals surface area contributed by atoms with Gasteiger partial charge in [0.25, 0.3) is 5.91 Å². The zero-order valence-electron chi connectivity index (χ0n) is 32.9. The molecule has 0 aromatic heterocycles. The molecule has 7 rings (SSSR count). The van der Waals surface area contributed by atoms with Crippen LogP contribution in [-0.2, 0) is 23.8 Å². The molecule has 3 aromatic carbocycles. The predicted octanol–water partition coefficient (Wildman–Crippen LogP) is 3.37. The normalized spacial score (nSPS) is 33.9. The summed E-state index contributed by atoms with van der Waals surface area (Å²) >= 11 is 0. The van der Waals surface area contributed by atoms with Crippen LogP contribution in [0.1, 0.15) is 85.7 Å². The van der Waals surface area contributed by atoms with E-state index in [0.29, 0.717) is 11.1 Å². The Morgan fingerprint density at radius 1 is 0.828 bits per heavy atom. The van der Waals surface area contributed by atoms with Crippen molar-refractivity contribution in [2.24, 2.45) is 16.7 Å². The monoisotopic (exact) mass is 797 g/mol. The van der Waals surface area contributed by atoms with E-state index in [-0.39, 0.29) is 49.0 Å². The number of carbonyl (C=O) groups excluding carboxylic acids is 4. The van der Waals surface area contributed by atoms with Crippen molar-refractivity contribution in [3.8, 4) is 0 Å². The van der Waals surface area contributed by atoms with E-state index in [1.54, 1.807) is 112 Å². The fraction of sp³-hybridized carbons (Fsp3) is 0.467. The summed E-state index contributed by atoms with van der Waals surface area (Å²) in [6.45, 7) is 6.16. The second kappa shape index (κ2) is 15.4. The van der Waals surface area contributed by atoms with Gasteiger partial charge in [-0.1, -0.05) is 80.6 Å². The van der Waals surface area contributed by atoms with Crippen LogP contribution in [0, 0.1) is 16.7 Å². The molecule has 308 valence electrons. The molecule has 58 heavy (non-hydrogen) atoms. The number of nitrogens with one attached hydrogen (secondary N) is 1. The molecule has 2 bridgehead atoms. The van der Waals surface area contributed by atoms with Crippen molar-refractivity contribution >= 4 is 23.6 Å². The molecule has 11 atom stereocenters. The predicted molar refractivity (Wildman–Crippen MR) is 208 cm³/mol. The Kier molecular flexibility index (Phi) is 11.0. The minimum atomic E-state index is -1.95. The summed E-state index contributed by atoms with van der Waals surface area (Å²) in [7, 11) is 0. The van der Waals surface area contributed by atoms with Gasteiger partial charge in [-0.25, -0.2) is 9.59 Å². The number of aliphatic hydroxyl groups excluding tert-OH is 3. The summed E-state index contributed by atoms with van der Waals surface area (Å²) in [6.07, 6.45) is -9.47. The first-order valence-electron chi connectivity index (χ1n) is 19.7. The Hall–Kier alpha value is -4.76. The number of ketones is 1. The molecule has 2 saturated carbocycles. The van der Waals surface area contributed by atoms with E-state index in [0.717, 1.165) is 0 Å². The molecule has 1 aliphatic heterocycles. The first-order valence-corrected chi connectivity index (χ1v) is 19.7. The minimum Gasteiger partial charge on any atom is -0.459 e. The van der Waals surface area contributed by atoms with Crippen molar-refractivity contribution in [3.05, 3.63) is 119 Å². The lowest BCUT2D eigenvalue weighted by atomic mass is 9.49. The minimum absolute atomic E-state index is 0.0247. The van der Waals surface area contributed by atoms with Crippen LogP contribution < -0.4 is 5.32 Å². The SMILES string of the molecule is CC1=C2C(O)C(=O)C3(C)C(O)CC4OCC4(O)C3C[C@H](OC(=O)c3ccccc3)CC(O)(CC1OC(=O)C(O)C(NC(=O)c1ccccc1)c1ccccc1)C2(C)C. The number of hydrogen-bond acceptors (Lipinski definition) is 12. The summed E-state index contributed by atoms with van der Waals surface area (Å²) in [5.41, 5.74) is -5.60. The molecular formula is C45H51NO12. The standard InChI is InChI=1S/C45H51NO12/c1-25-30(58-41(53)37(49)35(26-14-8-5-9-15-26)46-39(51)27-16-10-6-11-17-27)23-44(54)22-29(57-40(52)28-18-12-7-13-19-28)20-31-43(4,32(47)21-33-45(31,55)24-56-33)38(50)36(48)34(25)42(44,2)3/h5-19,29-33,35-37,47-49,54-55H,20-24H2,1-4H3,(H,46,51)/t29-,30?,31?,32?,33?,35?,36?,37?,43?,44?,45?/m0/s1. The van der Waals surface area contributed by atoms with Gasteiger partial charge < -0.3 is 45.1 Å². The maximum atomic E-state index is 14.9. The number of amides is 1. The molecule has 4 aliphatic rings. The molecule has 1 amide bonds. The Bertz CT molecular complexity index is 2070. The van der Waals surface area contributed by atoms with E-state index in [1.807, 2.05) is 0 Å². The Labute approximate surface area is 336 Å². The third kappa shape index (κ3) is 6.97. The quantitative estimate of drug-likeness (QED) is 0.143. The van der Waals surface area contributed by atoms with E-state index < -0.39 is 94.2 Å². The Morgan fingerprint density at radius 3 is 2.00 bits per heavy atom. The van der Waals surface area contributed by atoms with Crippen LogP contribution in [0.2, 0.25) is 0 Å². The van der Waals surface area contributed by atoms with Gasteiger partial charge in [0, 0.05) is 36.2 Å². The summed E-state index contributed by atoms with van der Waals surface area (Å²) < 4.78 is 17.8. The number of carbonyl (C=O) groups is 4. The fourth-order valence-corrected chi connectivity index (χ4v) is 9.81. The van der Waals surface area contributed by atoms with Crippen molar-refractivity contribution in [2.75, 3.05) is 6.61 Å². The number of Topliss-reactive ketones (excluding diaryl/α,β-unsaturated/α-hetero) is 1. The van der Waals surface area contributed by atoms with Crippen molar-refractivity contribution in [2.45, 2.75) is 107 Å². The van der Waals surface area contributed by atoms with Gasteiger partial charge in [-0.3, -0.25) is 9.59 Å². The summed E-state index contributed by atoms with van der Waals surface area (Å²) in [6, 6.07) is 23.6. The van der Waals surface area contributed by atoms with Gasteiger partial charge in [0.2, 0.25) is 0 Å². The molecule has 3 aliphatic carbocycles. The lowest BCUT2D eigenvalue weighted by molar-refractivity contribution is -0.317. The number of rotatable bonds is 8. The van der Waals surface area contributed by atoms with Crippen molar-refractivity contribution < 1.29 is 58.9 Å². The third-order valence-corrected chi connectivity index (χ3v) is 13.5. The van der Waals surface area contributed by atoms with Gasteiger partial charge in [-0.15, -0.1) is 0 Å². The molecule has 3 aromatic rings. The van der Waals surface area contributed by atoms with E-state index in [2.05, 4.69) is 5.32 Å². The van der Waals surface area contributed by atoms with Crippen LogP contribution in [-0.4, -0.2) is 104 Å². The van der Waals surface area contributed by atoms with E-state index in [9.17, 15) is 44.7 Å². The molecule has 0 spiro atoms. The highest BCUT2D eigenvalue weighted by Crippen LogP contribution is 2.59. The van der Waals surface area contributed by atoms with Gasteiger partial charge in [0.15, 0.2) is 11.9 Å². The largest absolute Gasteiger partial charge is 0.459 e. The topological polar surface area (TPSA) is 209 Å². The molecule has 1 saturated heterocycles. The van der Waals surface area contributed by atoms with Gasteiger partial charge in [-0.05, 0) is 61.2 Å². The van der Waals surface area contributed by atoms with Crippen molar-refractivity contribution in [3.63, 3.8) is 0 Å². The molecule has 6 N–H and O–H groups in total. The molecular weight excluding hydrogens is 746 g/mol. The smallest absolute Gasteiger partial charge is 0.338 e. The highest BCUT2D eigenvalue weighted by Gasteiger charge is 2.69. The average molecular weight is 798 g/mol. The maximum absolute atomic E-state index is 14.9. The molecule has 1 heterocycles. The van der Waals surface area contributed by atoms with Crippen LogP contribution in [0.15, 0.2) is 102 Å². The zero-order valence-corrected chi connectivity index (χ0v) is 32.9. The second-order valence-corrected chi connectivity index (χ2v) is 17.0. The fourth-order valence-electron chi connectivity index (χ4n) is 9.81. The van der Waals surface area contributed by atoms with Gasteiger partial charge in [0.1, 0.15) is 23.9 Å². The third-order valence-electron chi connectivity index (χ3n) is 13.5. The van der Waals surface area contributed by atoms with Gasteiger partial charge >= 0.3 is 11.9 Å². The summed E-state index contributed by atoms with van der Waals surface area (Å²) in [5, 5.41) is 63.2. The van der Waals surface area contributed by atoms with Crippen LogP contribution in [0.3, 0.4) is 0 Å². The highest BCUT2D eigenvalue weighted by atomic mass is 16.6. The Morgan fingerprint density at radius 2 is 1.41 bits per heavy atom. The van der Waals surface area contributed by atoms with E-state index in [4.69, 9.17) is 14.2 Å². The Balaban J connectivity index is 1.27. The van der Waals surface area contributed by atoms with Crippen molar-refractivity contribution in [1.29, 1.82) is 0 Å². The molecule has 0 radical (unpaired) electrons. The van der Waals surface area contributed by atoms with Crippen LogP contribution in [0.4, 0.5) is 0 Å². The second-order valence-electron chi connectivity index (χ2n) is 17.0. The van der Waals surface area contributed by atoms with Crippen LogP contribution in [0.25, 0.3) is 0 Å². The summed E-state index contributed by atoms with van der Waals surface area (Å²) in [4.78, 5) is 55.9. The molecule has 13 nitrogen and oxygen atoms in total. The van der Waals surface area contributed by atoms with E-state index >= 15 is 0 Å². The van der Waals surface area contributed by atoms with Crippen molar-refractivity contribution in [1.82, 2.24) is 5.32 Å². The molecule has 10 unspecified atom stereocenters. The highest BCUT2D eigenvalue weighted by molar-refractivity contribution is 5.95. The van der Waals surface area contributed by atoms with Crippen LogP contribution in [0.5, 0.6) is 0 Å². The number of aliphatic hydroxyl groups is 5. The lowest BCUT2D eigenvalue weighted by Gasteiger charge is -2.62. The lowest BCUT2D eigenvalue weighted by Crippen LogP contribution is -2.75. The van der Waals surface area contributed by atoms with E-state index in [1.165, 1.54) is 6.92 Å². The van der Waals surface area contributed by atoms with Crippen LogP contribution >= 0.6 is 0 Å². The zero-order chi connectivity index (χ0) is 41.8. The number of esters is 2. The number of hydrogen-bond donors (Lipinski definition) is 6. The first-order chi connectivity index (χ1) is 27.4. The average Bonchev–Trinajstić information content (AvgIpc) is 3.21. The number of benzene rings is 3. The molecule has 13 heteroatoms. The van der Waals surface area contributed by atoms with Gasteiger partial charge in [-0.2, -0.15) is 0 Å².